The monoisotopic (exact) mass is 389 g/mol. The van der Waals surface area contributed by atoms with Crippen LogP contribution in [-0.2, 0) is 0 Å². The SMILES string of the molecule is Cc1cc(NC(=O)c2ccccc2)cc(C)c1C(O)c1ccc(O)c(C(C)C)c1. The van der Waals surface area contributed by atoms with Gasteiger partial charge in [0.25, 0.3) is 5.91 Å². The maximum Gasteiger partial charge on any atom is 0.255 e. The van der Waals surface area contributed by atoms with Crippen LogP contribution >= 0.6 is 0 Å². The van der Waals surface area contributed by atoms with Crippen LogP contribution in [-0.4, -0.2) is 16.1 Å². The fraction of sp³-hybridized carbons (Fsp3) is 0.240. The first-order valence-corrected chi connectivity index (χ1v) is 9.76. The van der Waals surface area contributed by atoms with E-state index in [2.05, 4.69) is 5.32 Å². The number of carbonyl (C=O) groups excluding carboxylic acids is 1. The van der Waals surface area contributed by atoms with Gasteiger partial charge in [-0.1, -0.05) is 38.1 Å². The number of aromatic hydroxyl groups is 1. The molecule has 0 aliphatic rings. The maximum absolute atomic E-state index is 12.4. The van der Waals surface area contributed by atoms with Gasteiger partial charge >= 0.3 is 0 Å². The average Bonchev–Trinajstić information content (AvgIpc) is 2.68. The molecule has 1 unspecified atom stereocenters. The van der Waals surface area contributed by atoms with E-state index in [4.69, 9.17) is 0 Å². The zero-order chi connectivity index (χ0) is 21.1. The Morgan fingerprint density at radius 2 is 1.55 bits per heavy atom. The van der Waals surface area contributed by atoms with Gasteiger partial charge in [0.1, 0.15) is 11.9 Å². The summed E-state index contributed by atoms with van der Waals surface area (Å²) in [5, 5.41) is 24.0. The predicted molar refractivity (Wildman–Crippen MR) is 117 cm³/mol. The van der Waals surface area contributed by atoms with Crippen molar-refractivity contribution in [2.75, 3.05) is 5.32 Å². The lowest BCUT2D eigenvalue weighted by atomic mass is 9.90. The summed E-state index contributed by atoms with van der Waals surface area (Å²) in [4.78, 5) is 12.4. The smallest absolute Gasteiger partial charge is 0.255 e. The van der Waals surface area contributed by atoms with E-state index in [1.54, 1.807) is 24.3 Å². The standard InChI is InChI=1S/C25H27NO3/c1-15(2)21-14-19(10-11-22(21)27)24(28)23-16(3)12-20(13-17(23)4)26-25(29)18-8-6-5-7-9-18/h5-15,24,27-28H,1-4H3,(H,26,29). The Morgan fingerprint density at radius 3 is 2.14 bits per heavy atom. The molecular weight excluding hydrogens is 362 g/mol. The van der Waals surface area contributed by atoms with Crippen molar-refractivity contribution < 1.29 is 15.0 Å². The molecule has 0 heterocycles. The molecule has 0 aliphatic heterocycles. The maximum atomic E-state index is 12.4. The van der Waals surface area contributed by atoms with Gasteiger partial charge < -0.3 is 15.5 Å². The largest absolute Gasteiger partial charge is 0.508 e. The number of anilines is 1. The van der Waals surface area contributed by atoms with Gasteiger partial charge in [0, 0.05) is 11.3 Å². The first-order valence-electron chi connectivity index (χ1n) is 9.76. The molecule has 150 valence electrons. The van der Waals surface area contributed by atoms with Gasteiger partial charge in [0.2, 0.25) is 0 Å². The molecule has 0 aromatic heterocycles. The van der Waals surface area contributed by atoms with Crippen LogP contribution in [0.25, 0.3) is 0 Å². The first-order chi connectivity index (χ1) is 13.8. The minimum Gasteiger partial charge on any atom is -0.508 e. The van der Waals surface area contributed by atoms with Gasteiger partial charge in [-0.25, -0.2) is 0 Å². The molecule has 4 nitrogen and oxygen atoms in total. The molecule has 0 aliphatic carbocycles. The van der Waals surface area contributed by atoms with Crippen LogP contribution in [0, 0.1) is 13.8 Å². The Balaban J connectivity index is 1.89. The number of phenolic OH excluding ortho intramolecular Hbond substituents is 1. The highest BCUT2D eigenvalue weighted by molar-refractivity contribution is 6.04. The summed E-state index contributed by atoms with van der Waals surface area (Å²) in [5.41, 5.74) is 5.42. The van der Waals surface area contributed by atoms with E-state index in [1.165, 1.54) is 0 Å². The quantitative estimate of drug-likeness (QED) is 0.542. The van der Waals surface area contributed by atoms with E-state index in [0.29, 0.717) is 11.3 Å². The van der Waals surface area contributed by atoms with E-state index in [9.17, 15) is 15.0 Å². The highest BCUT2D eigenvalue weighted by atomic mass is 16.3. The molecule has 1 atom stereocenters. The van der Waals surface area contributed by atoms with Crippen molar-refractivity contribution in [1.29, 1.82) is 0 Å². The lowest BCUT2D eigenvalue weighted by Crippen LogP contribution is -2.13. The van der Waals surface area contributed by atoms with Gasteiger partial charge in [0.05, 0.1) is 0 Å². The molecule has 0 spiro atoms. The third kappa shape index (κ3) is 4.49. The van der Waals surface area contributed by atoms with E-state index in [0.717, 1.165) is 27.8 Å². The predicted octanol–water partition coefficient (Wildman–Crippen LogP) is 5.47. The fourth-order valence-corrected chi connectivity index (χ4v) is 3.64. The number of amides is 1. The van der Waals surface area contributed by atoms with E-state index in [-0.39, 0.29) is 17.6 Å². The van der Waals surface area contributed by atoms with Crippen molar-refractivity contribution >= 4 is 11.6 Å². The fourth-order valence-electron chi connectivity index (χ4n) is 3.64. The van der Waals surface area contributed by atoms with E-state index >= 15 is 0 Å². The molecule has 3 aromatic rings. The molecular formula is C25H27NO3. The third-order valence-electron chi connectivity index (χ3n) is 5.15. The molecule has 0 saturated heterocycles. The number of phenols is 1. The lowest BCUT2D eigenvalue weighted by molar-refractivity contribution is 0.102. The summed E-state index contributed by atoms with van der Waals surface area (Å²) in [6, 6.07) is 18.0. The van der Waals surface area contributed by atoms with Crippen LogP contribution in [0.5, 0.6) is 5.75 Å². The number of nitrogens with one attached hydrogen (secondary N) is 1. The van der Waals surface area contributed by atoms with Crippen LogP contribution in [0.1, 0.15) is 64.0 Å². The summed E-state index contributed by atoms with van der Waals surface area (Å²) in [5.74, 6) is 0.223. The Labute approximate surface area is 171 Å². The molecule has 0 bridgehead atoms. The summed E-state index contributed by atoms with van der Waals surface area (Å²) in [6.45, 7) is 7.86. The molecule has 0 saturated carbocycles. The second kappa shape index (κ2) is 8.50. The van der Waals surface area contributed by atoms with Crippen LogP contribution in [0.15, 0.2) is 60.7 Å². The number of carbonyl (C=O) groups is 1. The van der Waals surface area contributed by atoms with Gasteiger partial charge in [-0.05, 0) is 84.0 Å². The van der Waals surface area contributed by atoms with Gasteiger partial charge in [0.15, 0.2) is 0 Å². The van der Waals surface area contributed by atoms with Crippen molar-refractivity contribution in [1.82, 2.24) is 0 Å². The number of aryl methyl sites for hydroxylation is 2. The van der Waals surface area contributed by atoms with Gasteiger partial charge in [-0.2, -0.15) is 0 Å². The van der Waals surface area contributed by atoms with Crippen molar-refractivity contribution in [2.45, 2.75) is 39.7 Å². The molecule has 0 radical (unpaired) electrons. The number of rotatable bonds is 5. The lowest BCUT2D eigenvalue weighted by Gasteiger charge is -2.20. The zero-order valence-corrected chi connectivity index (χ0v) is 17.2. The number of hydrogen-bond acceptors (Lipinski definition) is 3. The summed E-state index contributed by atoms with van der Waals surface area (Å²) in [7, 11) is 0. The summed E-state index contributed by atoms with van der Waals surface area (Å²) < 4.78 is 0. The number of aliphatic hydroxyl groups is 1. The highest BCUT2D eigenvalue weighted by Gasteiger charge is 2.19. The van der Waals surface area contributed by atoms with Gasteiger partial charge in [-0.15, -0.1) is 0 Å². The molecule has 29 heavy (non-hydrogen) atoms. The number of hydrogen-bond donors (Lipinski definition) is 3. The Kier molecular flexibility index (Phi) is 6.04. The second-order valence-electron chi connectivity index (χ2n) is 7.72. The van der Waals surface area contributed by atoms with Crippen molar-refractivity contribution in [3.05, 3.63) is 94.0 Å². The summed E-state index contributed by atoms with van der Waals surface area (Å²) >= 11 is 0. The van der Waals surface area contributed by atoms with Crippen LogP contribution in [0.3, 0.4) is 0 Å². The number of aliphatic hydroxyl groups excluding tert-OH is 1. The normalized spacial score (nSPS) is 12.1. The topological polar surface area (TPSA) is 69.6 Å². The Hall–Kier alpha value is -3.11. The van der Waals surface area contributed by atoms with Crippen LogP contribution in [0.4, 0.5) is 5.69 Å². The first kappa shape index (κ1) is 20.6. The van der Waals surface area contributed by atoms with Crippen molar-refractivity contribution in [3.8, 4) is 5.75 Å². The Bertz CT molecular complexity index is 1000. The third-order valence-corrected chi connectivity index (χ3v) is 5.15. The van der Waals surface area contributed by atoms with Crippen molar-refractivity contribution in [3.63, 3.8) is 0 Å². The van der Waals surface area contributed by atoms with Crippen molar-refractivity contribution in [2.24, 2.45) is 0 Å². The van der Waals surface area contributed by atoms with Crippen LogP contribution in [0.2, 0.25) is 0 Å². The average molecular weight is 389 g/mol. The van der Waals surface area contributed by atoms with E-state index in [1.807, 2.05) is 64.1 Å². The molecule has 4 heteroatoms. The molecule has 3 aromatic carbocycles. The summed E-state index contributed by atoms with van der Waals surface area (Å²) in [6.07, 6.45) is -0.813. The molecule has 0 fully saturated rings. The second-order valence-corrected chi connectivity index (χ2v) is 7.72. The Morgan fingerprint density at radius 1 is 0.931 bits per heavy atom. The molecule has 3 N–H and O–H groups in total. The van der Waals surface area contributed by atoms with E-state index < -0.39 is 6.10 Å². The van der Waals surface area contributed by atoms with Gasteiger partial charge in [-0.3, -0.25) is 4.79 Å². The van der Waals surface area contributed by atoms with Crippen LogP contribution < -0.4 is 5.32 Å². The minimum absolute atomic E-state index is 0.153. The minimum atomic E-state index is -0.813. The number of benzene rings is 3. The zero-order valence-electron chi connectivity index (χ0n) is 17.2. The molecule has 3 rings (SSSR count). The highest BCUT2D eigenvalue weighted by Crippen LogP contribution is 2.34. The molecule has 1 amide bonds.